The van der Waals surface area contributed by atoms with Gasteiger partial charge in [0.2, 0.25) is 10.0 Å². The highest BCUT2D eigenvalue weighted by Crippen LogP contribution is 2.21. The fraction of sp³-hybridized carbons (Fsp3) is 0.583. The van der Waals surface area contributed by atoms with Crippen LogP contribution in [-0.4, -0.2) is 44.5 Å². The third-order valence-electron chi connectivity index (χ3n) is 3.57. The Labute approximate surface area is 127 Å². The Balaban J connectivity index is 2.09. The van der Waals surface area contributed by atoms with Gasteiger partial charge < -0.3 is 10.6 Å². The minimum Gasteiger partial charge on any atom is -0.383 e. The van der Waals surface area contributed by atoms with E-state index >= 15 is 0 Å². The Morgan fingerprint density at radius 1 is 1.55 bits per heavy atom. The molecule has 1 unspecified atom stereocenters. The van der Waals surface area contributed by atoms with Gasteiger partial charge in [-0.2, -0.15) is 0 Å². The highest BCUT2D eigenvalue weighted by atomic mass is 79.9. The van der Waals surface area contributed by atoms with Crippen LogP contribution >= 0.6 is 15.9 Å². The number of nitrogens with zero attached hydrogens (tertiary/aromatic N) is 2. The second kappa shape index (κ2) is 6.38. The van der Waals surface area contributed by atoms with Crippen molar-refractivity contribution in [2.75, 3.05) is 25.9 Å². The number of pyridine rings is 1. The smallest absolute Gasteiger partial charge is 0.244 e. The van der Waals surface area contributed by atoms with Crippen LogP contribution in [0.15, 0.2) is 21.6 Å². The number of hydrogen-bond donors (Lipinski definition) is 2. The monoisotopic (exact) mass is 362 g/mol. The van der Waals surface area contributed by atoms with Gasteiger partial charge in [-0.1, -0.05) is 6.42 Å². The highest BCUT2D eigenvalue weighted by Gasteiger charge is 2.23. The molecule has 0 aliphatic carbocycles. The second-order valence-corrected chi connectivity index (χ2v) is 7.67. The number of aromatic nitrogens is 1. The van der Waals surface area contributed by atoms with E-state index in [4.69, 9.17) is 5.73 Å². The van der Waals surface area contributed by atoms with Gasteiger partial charge >= 0.3 is 0 Å². The number of halogens is 1. The highest BCUT2D eigenvalue weighted by molar-refractivity contribution is 9.10. The predicted molar refractivity (Wildman–Crippen MR) is 81.8 cm³/mol. The topological polar surface area (TPSA) is 88.3 Å². The number of nitrogen functional groups attached to an aromatic ring is 1. The molecular formula is C12H19BrN4O2S. The minimum absolute atomic E-state index is 0.0118. The standard InChI is InChI=1S/C12H19BrN4O2S/c1-17-5-3-2-4-10(17)8-16-20(18,19)11-6-9(13)7-15-12(11)14/h6-7,10,16H,2-5,8H2,1H3,(H2,14,15). The summed E-state index contributed by atoms with van der Waals surface area (Å²) in [6.45, 7) is 1.40. The lowest BCUT2D eigenvalue weighted by molar-refractivity contribution is 0.187. The van der Waals surface area contributed by atoms with Crippen LogP contribution in [0.5, 0.6) is 0 Å². The summed E-state index contributed by atoms with van der Waals surface area (Å²) in [5.74, 6) is 0.0118. The molecule has 1 aromatic heterocycles. The van der Waals surface area contributed by atoms with Gasteiger partial charge in [0.05, 0.1) is 0 Å². The first-order valence-electron chi connectivity index (χ1n) is 6.51. The molecule has 1 saturated heterocycles. The zero-order chi connectivity index (χ0) is 14.8. The number of nitrogens with one attached hydrogen (secondary N) is 1. The maximum Gasteiger partial charge on any atom is 0.244 e. The molecule has 112 valence electrons. The van der Waals surface area contributed by atoms with Crippen LogP contribution in [0.25, 0.3) is 0 Å². The lowest BCUT2D eigenvalue weighted by Gasteiger charge is -2.32. The third-order valence-corrected chi connectivity index (χ3v) is 5.45. The van der Waals surface area contributed by atoms with Gasteiger partial charge in [0.1, 0.15) is 10.7 Å². The number of sulfonamides is 1. The number of piperidine rings is 1. The number of anilines is 1. The normalized spacial score (nSPS) is 21.0. The van der Waals surface area contributed by atoms with Gasteiger partial charge in [-0.25, -0.2) is 18.1 Å². The fourth-order valence-corrected chi connectivity index (χ4v) is 3.99. The van der Waals surface area contributed by atoms with Crippen molar-refractivity contribution >= 4 is 31.8 Å². The summed E-state index contributed by atoms with van der Waals surface area (Å²) in [6.07, 6.45) is 4.79. The molecule has 3 N–H and O–H groups in total. The molecule has 1 fully saturated rings. The van der Waals surface area contributed by atoms with E-state index in [-0.39, 0.29) is 16.8 Å². The Hall–Kier alpha value is -0.700. The number of nitrogens with two attached hydrogens (primary N) is 1. The van der Waals surface area contributed by atoms with Gasteiger partial charge in [-0.15, -0.1) is 0 Å². The van der Waals surface area contributed by atoms with Gasteiger partial charge in [0.15, 0.2) is 0 Å². The molecule has 1 aliphatic rings. The Morgan fingerprint density at radius 2 is 2.30 bits per heavy atom. The van der Waals surface area contributed by atoms with Crippen molar-refractivity contribution in [1.82, 2.24) is 14.6 Å². The average molecular weight is 363 g/mol. The van der Waals surface area contributed by atoms with E-state index in [0.717, 1.165) is 19.4 Å². The van der Waals surface area contributed by atoms with E-state index < -0.39 is 10.0 Å². The van der Waals surface area contributed by atoms with Gasteiger partial charge in [0.25, 0.3) is 0 Å². The molecule has 20 heavy (non-hydrogen) atoms. The summed E-state index contributed by atoms with van der Waals surface area (Å²) in [4.78, 5) is 6.06. The molecular weight excluding hydrogens is 344 g/mol. The van der Waals surface area contributed by atoms with Crippen LogP contribution in [0.3, 0.4) is 0 Å². The van der Waals surface area contributed by atoms with E-state index in [9.17, 15) is 8.42 Å². The third kappa shape index (κ3) is 3.69. The largest absolute Gasteiger partial charge is 0.383 e. The maximum atomic E-state index is 12.3. The first-order chi connectivity index (χ1) is 9.40. The summed E-state index contributed by atoms with van der Waals surface area (Å²) in [7, 11) is -1.61. The molecule has 0 radical (unpaired) electrons. The SMILES string of the molecule is CN1CCCCC1CNS(=O)(=O)c1cc(Br)cnc1N. The van der Waals surface area contributed by atoms with Crippen LogP contribution in [-0.2, 0) is 10.0 Å². The zero-order valence-corrected chi connectivity index (χ0v) is 13.7. The van der Waals surface area contributed by atoms with Crippen molar-refractivity contribution in [3.8, 4) is 0 Å². The van der Waals surface area contributed by atoms with Crippen molar-refractivity contribution < 1.29 is 8.42 Å². The first-order valence-corrected chi connectivity index (χ1v) is 8.78. The Kier molecular flexibility index (Phi) is 5.00. The zero-order valence-electron chi connectivity index (χ0n) is 11.3. The van der Waals surface area contributed by atoms with E-state index in [1.54, 1.807) is 0 Å². The van der Waals surface area contributed by atoms with E-state index in [1.165, 1.54) is 18.7 Å². The fourth-order valence-electron chi connectivity index (χ4n) is 2.33. The van der Waals surface area contributed by atoms with Crippen LogP contribution in [0.4, 0.5) is 5.82 Å². The lowest BCUT2D eigenvalue weighted by Crippen LogP contribution is -2.44. The molecule has 0 saturated carbocycles. The van der Waals surface area contributed by atoms with Crippen molar-refractivity contribution in [1.29, 1.82) is 0 Å². The summed E-state index contributed by atoms with van der Waals surface area (Å²) in [6, 6.07) is 1.70. The molecule has 2 rings (SSSR count). The molecule has 0 amide bonds. The molecule has 1 aromatic rings. The molecule has 0 spiro atoms. The summed E-state index contributed by atoms with van der Waals surface area (Å²) in [5, 5.41) is 0. The van der Waals surface area contributed by atoms with Gasteiger partial charge in [0, 0.05) is 23.3 Å². The van der Waals surface area contributed by atoms with E-state index in [2.05, 4.69) is 30.5 Å². The second-order valence-electron chi connectivity index (χ2n) is 5.02. The minimum atomic E-state index is -3.63. The van der Waals surface area contributed by atoms with E-state index in [1.807, 2.05) is 7.05 Å². The number of hydrogen-bond acceptors (Lipinski definition) is 5. The number of rotatable bonds is 4. The van der Waals surface area contributed by atoms with E-state index in [0.29, 0.717) is 11.0 Å². The first kappa shape index (κ1) is 15.7. The summed E-state index contributed by atoms with van der Waals surface area (Å²) >= 11 is 3.21. The van der Waals surface area contributed by atoms with Crippen molar-refractivity contribution in [2.45, 2.75) is 30.2 Å². The Morgan fingerprint density at radius 3 is 3.00 bits per heavy atom. The van der Waals surface area contributed by atoms with Crippen molar-refractivity contribution in [2.24, 2.45) is 0 Å². The van der Waals surface area contributed by atoms with Crippen LogP contribution in [0, 0.1) is 0 Å². The summed E-state index contributed by atoms with van der Waals surface area (Å²) < 4.78 is 27.8. The predicted octanol–water partition coefficient (Wildman–Crippen LogP) is 1.19. The summed E-state index contributed by atoms with van der Waals surface area (Å²) in [5.41, 5.74) is 5.65. The molecule has 1 atom stereocenters. The van der Waals surface area contributed by atoms with Crippen LogP contribution in [0.2, 0.25) is 0 Å². The van der Waals surface area contributed by atoms with Crippen LogP contribution < -0.4 is 10.5 Å². The molecule has 0 aromatic carbocycles. The molecule has 6 nitrogen and oxygen atoms in total. The van der Waals surface area contributed by atoms with Crippen molar-refractivity contribution in [3.05, 3.63) is 16.7 Å². The Bertz CT molecular complexity index is 579. The van der Waals surface area contributed by atoms with Gasteiger partial charge in [-0.3, -0.25) is 0 Å². The van der Waals surface area contributed by atoms with Gasteiger partial charge in [-0.05, 0) is 48.4 Å². The van der Waals surface area contributed by atoms with Crippen LogP contribution in [0.1, 0.15) is 19.3 Å². The molecule has 1 aliphatic heterocycles. The van der Waals surface area contributed by atoms with Crippen molar-refractivity contribution in [3.63, 3.8) is 0 Å². The molecule has 8 heteroatoms. The maximum absolute atomic E-state index is 12.3. The molecule has 0 bridgehead atoms. The quantitative estimate of drug-likeness (QED) is 0.839. The number of likely N-dealkylation sites (N-methyl/N-ethyl adjacent to an activating group) is 1. The number of likely N-dealkylation sites (tertiary alicyclic amines) is 1. The molecule has 2 heterocycles. The lowest BCUT2D eigenvalue weighted by atomic mass is 10.0. The average Bonchev–Trinajstić information content (AvgIpc) is 2.40.